The topological polar surface area (TPSA) is 119 Å². The van der Waals surface area contributed by atoms with Crippen LogP contribution in [0.2, 0.25) is 0 Å². The van der Waals surface area contributed by atoms with E-state index in [0.717, 1.165) is 58.6 Å². The Hall–Kier alpha value is -3.50. The molecule has 4 aromatic rings. The van der Waals surface area contributed by atoms with Gasteiger partial charge in [0.25, 0.3) is 0 Å². The Kier molecular flexibility index (Phi) is 5.29. The fraction of sp³-hybridized carbons (Fsp3) is 0.292. The molecule has 3 N–H and O–H groups in total. The average Bonchev–Trinajstić information content (AvgIpc) is 3.37. The number of aromatic nitrogens is 4. The highest BCUT2D eigenvalue weighted by atomic mass is 32.2. The van der Waals surface area contributed by atoms with Crippen molar-refractivity contribution in [2.24, 2.45) is 12.2 Å². The Morgan fingerprint density at radius 2 is 1.88 bits per heavy atom. The maximum absolute atomic E-state index is 11.9. The average molecular weight is 478 g/mol. The number of rotatable bonds is 5. The van der Waals surface area contributed by atoms with Gasteiger partial charge in [0.1, 0.15) is 5.82 Å². The fourth-order valence-electron chi connectivity index (χ4n) is 4.51. The number of benzene rings is 2. The molecule has 2 heterocycles. The Labute approximate surface area is 198 Å². The molecule has 5 rings (SSSR count). The maximum atomic E-state index is 11.9. The number of aryl methyl sites for hydroxylation is 4. The van der Waals surface area contributed by atoms with Crippen molar-refractivity contribution in [1.82, 2.24) is 19.7 Å². The number of hydrogen-bond donors (Lipinski definition) is 2. The Bertz CT molecular complexity index is 1540. The first-order chi connectivity index (χ1) is 16.1. The van der Waals surface area contributed by atoms with E-state index in [2.05, 4.69) is 40.4 Å². The summed E-state index contributed by atoms with van der Waals surface area (Å²) < 4.78 is 25.8. The van der Waals surface area contributed by atoms with E-state index in [1.54, 1.807) is 19.1 Å². The summed E-state index contributed by atoms with van der Waals surface area (Å²) in [5.74, 6) is 1.25. The molecule has 0 fully saturated rings. The van der Waals surface area contributed by atoms with Gasteiger partial charge < -0.3 is 10.2 Å². The van der Waals surface area contributed by atoms with Crippen molar-refractivity contribution in [3.05, 3.63) is 58.9 Å². The van der Waals surface area contributed by atoms with Crippen LogP contribution >= 0.6 is 0 Å². The monoisotopic (exact) mass is 477 g/mol. The Balaban J connectivity index is 1.54. The molecular weight excluding hydrogens is 450 g/mol. The summed E-state index contributed by atoms with van der Waals surface area (Å²) in [4.78, 5) is 11.7. The van der Waals surface area contributed by atoms with Gasteiger partial charge >= 0.3 is 0 Å². The van der Waals surface area contributed by atoms with Gasteiger partial charge in [-0.25, -0.2) is 18.5 Å². The zero-order chi connectivity index (χ0) is 24.2. The van der Waals surface area contributed by atoms with Crippen molar-refractivity contribution in [2.45, 2.75) is 38.0 Å². The molecule has 10 heteroatoms. The van der Waals surface area contributed by atoms with Crippen LogP contribution in [0.5, 0.6) is 0 Å². The lowest BCUT2D eigenvalue weighted by Crippen LogP contribution is -2.16. The summed E-state index contributed by atoms with van der Waals surface area (Å²) in [6.07, 6.45) is 2.81. The van der Waals surface area contributed by atoms with E-state index in [1.165, 1.54) is 6.07 Å². The van der Waals surface area contributed by atoms with E-state index in [9.17, 15) is 8.42 Å². The second kappa shape index (κ2) is 8.07. The Morgan fingerprint density at radius 1 is 1.09 bits per heavy atom. The van der Waals surface area contributed by atoms with Crippen LogP contribution < -0.4 is 15.4 Å². The number of fused-ring (bicyclic) bond motifs is 2. The van der Waals surface area contributed by atoms with Crippen LogP contribution in [-0.4, -0.2) is 35.2 Å². The second-order valence-electron chi connectivity index (χ2n) is 8.77. The fourth-order valence-corrected chi connectivity index (χ4v) is 5.32. The van der Waals surface area contributed by atoms with Crippen LogP contribution in [0, 0.1) is 13.8 Å². The summed E-state index contributed by atoms with van der Waals surface area (Å²) in [6, 6.07) is 11.3. The van der Waals surface area contributed by atoms with Gasteiger partial charge in [0.15, 0.2) is 0 Å². The summed E-state index contributed by atoms with van der Waals surface area (Å²) in [5, 5.41) is 14.3. The number of nitrogens with two attached hydrogens (primary N) is 1. The molecule has 2 aromatic heterocycles. The SMILES string of the molecule is Cc1ccc(Nc2nc3c(c(N(C)c4ccc5c(C)n(C)nc5c4)n2)CCC3)cc1S(N)(=O)=O. The van der Waals surface area contributed by atoms with E-state index >= 15 is 0 Å². The Morgan fingerprint density at radius 3 is 2.65 bits per heavy atom. The van der Waals surface area contributed by atoms with Crippen molar-refractivity contribution >= 4 is 44.1 Å². The number of nitrogens with zero attached hydrogens (tertiary/aromatic N) is 5. The van der Waals surface area contributed by atoms with Gasteiger partial charge in [-0.15, -0.1) is 0 Å². The zero-order valence-electron chi connectivity index (χ0n) is 19.6. The molecule has 0 saturated carbocycles. The third-order valence-corrected chi connectivity index (χ3v) is 7.53. The van der Waals surface area contributed by atoms with Crippen LogP contribution in [0.1, 0.15) is 28.9 Å². The number of anilines is 4. The molecule has 34 heavy (non-hydrogen) atoms. The third kappa shape index (κ3) is 3.88. The van der Waals surface area contributed by atoms with Crippen LogP contribution in [-0.2, 0) is 29.9 Å². The van der Waals surface area contributed by atoms with Gasteiger partial charge in [-0.3, -0.25) is 4.68 Å². The van der Waals surface area contributed by atoms with E-state index in [0.29, 0.717) is 17.2 Å². The minimum Gasteiger partial charge on any atom is -0.329 e. The van der Waals surface area contributed by atoms with Gasteiger partial charge in [-0.1, -0.05) is 6.07 Å². The van der Waals surface area contributed by atoms with Gasteiger partial charge in [-0.2, -0.15) is 10.1 Å². The van der Waals surface area contributed by atoms with Crippen molar-refractivity contribution < 1.29 is 8.42 Å². The molecule has 0 unspecified atom stereocenters. The highest BCUT2D eigenvalue weighted by Gasteiger charge is 2.23. The van der Waals surface area contributed by atoms with Crippen LogP contribution in [0.25, 0.3) is 10.9 Å². The van der Waals surface area contributed by atoms with Crippen molar-refractivity contribution in [3.8, 4) is 0 Å². The predicted molar refractivity (Wildman–Crippen MR) is 133 cm³/mol. The molecule has 0 bridgehead atoms. The van der Waals surface area contributed by atoms with Crippen LogP contribution in [0.15, 0.2) is 41.3 Å². The zero-order valence-corrected chi connectivity index (χ0v) is 20.4. The summed E-state index contributed by atoms with van der Waals surface area (Å²) in [6.45, 7) is 3.77. The second-order valence-corrected chi connectivity index (χ2v) is 10.3. The first-order valence-electron chi connectivity index (χ1n) is 11.1. The molecule has 1 aliphatic carbocycles. The van der Waals surface area contributed by atoms with Gasteiger partial charge in [-0.05, 0) is 69.0 Å². The molecule has 0 atom stereocenters. The lowest BCUT2D eigenvalue weighted by Gasteiger charge is -2.22. The number of sulfonamides is 1. The van der Waals surface area contributed by atoms with Gasteiger partial charge in [0.05, 0.1) is 16.1 Å². The van der Waals surface area contributed by atoms with E-state index in [-0.39, 0.29) is 4.90 Å². The van der Waals surface area contributed by atoms with E-state index < -0.39 is 10.0 Å². The third-order valence-electron chi connectivity index (χ3n) is 6.48. The number of primary sulfonamides is 1. The molecule has 0 spiro atoms. The van der Waals surface area contributed by atoms with Crippen molar-refractivity contribution in [2.75, 3.05) is 17.3 Å². The smallest absolute Gasteiger partial charge is 0.238 e. The van der Waals surface area contributed by atoms with Crippen LogP contribution in [0.4, 0.5) is 23.1 Å². The molecule has 9 nitrogen and oxygen atoms in total. The molecule has 176 valence electrons. The molecule has 1 aliphatic rings. The first kappa shape index (κ1) is 22.3. The summed E-state index contributed by atoms with van der Waals surface area (Å²) in [7, 11) is 0.106. The largest absolute Gasteiger partial charge is 0.329 e. The molecule has 0 saturated heterocycles. The minimum absolute atomic E-state index is 0.0787. The first-order valence-corrected chi connectivity index (χ1v) is 12.6. The normalized spacial score (nSPS) is 13.3. The van der Waals surface area contributed by atoms with Crippen LogP contribution in [0.3, 0.4) is 0 Å². The molecule has 2 aromatic carbocycles. The molecule has 0 aliphatic heterocycles. The highest BCUT2D eigenvalue weighted by molar-refractivity contribution is 7.89. The van der Waals surface area contributed by atoms with E-state index in [1.807, 2.05) is 18.8 Å². The van der Waals surface area contributed by atoms with Gasteiger partial charge in [0, 0.05) is 42.1 Å². The predicted octanol–water partition coefficient (Wildman–Crippen LogP) is 3.63. The molecular formula is C24H27N7O2S. The number of nitrogens with one attached hydrogen (secondary N) is 1. The lowest BCUT2D eigenvalue weighted by molar-refractivity contribution is 0.597. The van der Waals surface area contributed by atoms with E-state index in [4.69, 9.17) is 15.1 Å². The summed E-state index contributed by atoms with van der Waals surface area (Å²) in [5.41, 5.74) is 6.33. The maximum Gasteiger partial charge on any atom is 0.238 e. The highest BCUT2D eigenvalue weighted by Crippen LogP contribution is 2.35. The quantitative estimate of drug-likeness (QED) is 0.450. The number of hydrogen-bond acceptors (Lipinski definition) is 7. The molecule has 0 amide bonds. The molecule has 0 radical (unpaired) electrons. The summed E-state index contributed by atoms with van der Waals surface area (Å²) >= 11 is 0. The van der Waals surface area contributed by atoms with Crippen molar-refractivity contribution in [3.63, 3.8) is 0 Å². The lowest BCUT2D eigenvalue weighted by atomic mass is 10.1. The van der Waals surface area contributed by atoms with Gasteiger partial charge in [0.2, 0.25) is 16.0 Å². The minimum atomic E-state index is -3.83. The van der Waals surface area contributed by atoms with Crippen molar-refractivity contribution in [1.29, 1.82) is 0 Å². The standard InChI is InChI=1S/C24H27N7O2S/c1-14-8-9-16(12-22(14)34(25,32)33)26-24-27-20-7-5-6-19(20)23(28-24)30(3)17-10-11-18-15(2)31(4)29-21(18)13-17/h8-13H,5-7H2,1-4H3,(H2,25,32,33)(H,26,27,28).